The van der Waals surface area contributed by atoms with Gasteiger partial charge in [0, 0.05) is 57.4 Å². The topological polar surface area (TPSA) is 149 Å². The second-order valence-electron chi connectivity index (χ2n) is 14.7. The highest BCUT2D eigenvalue weighted by molar-refractivity contribution is 7.87. The van der Waals surface area contributed by atoms with Crippen LogP contribution in [0, 0.1) is 20.8 Å². The van der Waals surface area contributed by atoms with Gasteiger partial charge in [-0.25, -0.2) is 4.79 Å². The van der Waals surface area contributed by atoms with E-state index in [9.17, 15) is 26.4 Å². The van der Waals surface area contributed by atoms with Gasteiger partial charge in [-0.1, -0.05) is 83.9 Å². The van der Waals surface area contributed by atoms with Gasteiger partial charge in [-0.05, 0) is 67.3 Å². The number of rotatable bonds is 12. The molecule has 0 radical (unpaired) electrons. The molecular weight excluding hydrogens is 795 g/mol. The number of aryl methyl sites for hydroxylation is 2. The van der Waals surface area contributed by atoms with Crippen LogP contribution < -0.4 is 13.1 Å². The number of amides is 2. The van der Waals surface area contributed by atoms with E-state index in [0.29, 0.717) is 32.7 Å². The molecule has 1 fully saturated rings. The number of carbonyl (C=O) groups is 2. The first kappa shape index (κ1) is 41.3. The fourth-order valence-electron chi connectivity index (χ4n) is 7.04. The van der Waals surface area contributed by atoms with E-state index in [0.717, 1.165) is 39.4 Å². The van der Waals surface area contributed by atoms with Crippen molar-refractivity contribution in [1.29, 1.82) is 0 Å². The smallest absolute Gasteiger partial charge is 0.409 e. The Kier molecular flexibility index (Phi) is 12.0. The van der Waals surface area contributed by atoms with Crippen molar-refractivity contribution in [2.45, 2.75) is 56.8 Å². The molecule has 2 amide bonds. The minimum absolute atomic E-state index is 0.0439. The molecule has 308 valence electrons. The molecule has 0 atom stereocenters. The number of nitrogens with zero attached hydrogens (tertiary/aromatic N) is 3. The number of piperazine rings is 1. The molecule has 2 aliphatic heterocycles. The molecule has 15 heteroatoms. The van der Waals surface area contributed by atoms with Crippen LogP contribution in [0.4, 0.5) is 4.79 Å². The van der Waals surface area contributed by atoms with Crippen molar-refractivity contribution in [2.24, 2.45) is 0 Å². The van der Waals surface area contributed by atoms with Gasteiger partial charge in [0.25, 0.3) is 5.91 Å². The Morgan fingerprint density at radius 1 is 0.627 bits per heavy atom. The maximum Gasteiger partial charge on any atom is 0.409 e. The van der Waals surface area contributed by atoms with E-state index < -0.39 is 31.9 Å². The van der Waals surface area contributed by atoms with Crippen LogP contribution in [0.15, 0.2) is 113 Å². The van der Waals surface area contributed by atoms with Crippen molar-refractivity contribution < 1.29 is 44.3 Å². The molecule has 5 aromatic rings. The molecule has 1 saturated heterocycles. The predicted molar refractivity (Wildman–Crippen MR) is 219 cm³/mol. The van der Waals surface area contributed by atoms with Crippen molar-refractivity contribution in [3.63, 3.8) is 0 Å². The molecule has 0 unspecified atom stereocenters. The van der Waals surface area contributed by atoms with E-state index in [2.05, 4.69) is 11.0 Å². The van der Waals surface area contributed by atoms with E-state index in [-0.39, 0.29) is 58.2 Å². The lowest BCUT2D eigenvalue weighted by Gasteiger charge is -2.33. The third-order valence-electron chi connectivity index (χ3n) is 10.4. The Balaban J connectivity index is 1.25. The van der Waals surface area contributed by atoms with Crippen LogP contribution in [-0.2, 0) is 51.2 Å². The Morgan fingerprint density at radius 3 is 1.80 bits per heavy atom. The molecule has 0 saturated carbocycles. The van der Waals surface area contributed by atoms with Crippen molar-refractivity contribution in [1.82, 2.24) is 14.7 Å². The van der Waals surface area contributed by atoms with Crippen LogP contribution in [0.5, 0.6) is 17.2 Å². The zero-order valence-corrected chi connectivity index (χ0v) is 34.8. The molecule has 7 rings (SSSR count). The summed E-state index contributed by atoms with van der Waals surface area (Å²) in [7, 11) is -7.64. The maximum absolute atomic E-state index is 14.9. The van der Waals surface area contributed by atoms with E-state index >= 15 is 0 Å². The van der Waals surface area contributed by atoms with Crippen LogP contribution >= 0.6 is 0 Å². The molecule has 59 heavy (non-hydrogen) atoms. The first-order valence-electron chi connectivity index (χ1n) is 19.0. The lowest BCUT2D eigenvalue weighted by molar-refractivity contribution is 0.0743. The van der Waals surface area contributed by atoms with Gasteiger partial charge in [-0.3, -0.25) is 9.69 Å². The Hall–Kier alpha value is -5.90. The Morgan fingerprint density at radius 2 is 1.20 bits per heavy atom. The number of carbonyl (C=O) groups excluding carboxylic acids is 2. The van der Waals surface area contributed by atoms with Gasteiger partial charge < -0.3 is 27.6 Å². The lowest BCUT2D eigenvalue weighted by atomic mass is 10.1. The van der Waals surface area contributed by atoms with Gasteiger partial charge in [0.2, 0.25) is 0 Å². The number of methoxy groups -OCH3 is 1. The minimum Gasteiger partial charge on any atom is -0.487 e. The van der Waals surface area contributed by atoms with Crippen LogP contribution in [0.2, 0.25) is 0 Å². The lowest BCUT2D eigenvalue weighted by Crippen LogP contribution is -2.48. The van der Waals surface area contributed by atoms with E-state index in [1.165, 1.54) is 31.4 Å². The van der Waals surface area contributed by atoms with Gasteiger partial charge in [-0.15, -0.1) is 0 Å². The van der Waals surface area contributed by atoms with Gasteiger partial charge in [0.15, 0.2) is 11.5 Å². The molecule has 2 heterocycles. The molecule has 13 nitrogen and oxygen atoms in total. The summed E-state index contributed by atoms with van der Waals surface area (Å²) in [6.45, 7) is 8.68. The predicted octanol–water partition coefficient (Wildman–Crippen LogP) is 6.77. The average Bonchev–Trinajstić information content (AvgIpc) is 3.65. The van der Waals surface area contributed by atoms with Gasteiger partial charge >= 0.3 is 26.3 Å². The molecular formula is C44H45N3O10S2. The highest BCUT2D eigenvalue weighted by atomic mass is 32.2. The Bertz CT molecular complexity index is 2570. The van der Waals surface area contributed by atoms with Crippen molar-refractivity contribution in [2.75, 3.05) is 33.3 Å². The maximum atomic E-state index is 14.9. The largest absolute Gasteiger partial charge is 0.487 e. The number of ether oxygens (including phenoxy) is 2. The fraction of sp³-hybridized carbons (Fsp3) is 0.273. The number of benzene rings is 5. The fourth-order valence-corrected chi connectivity index (χ4v) is 8.95. The standard InChI is InChI=1S/C44H45N3O10S2/c1-30-10-16-37(17-11-30)58(50,51)56-39-25-40(57-59(52,53)38-18-12-31(2)13-19-38)41(42(32(39)3)55-29-33-8-6-5-7-9-33)43(48)47-27-35-15-14-34(24-36(35)28-47)26-45-20-22-46(23-21-45)44(49)54-4/h5-19,24-25H,20-23,26-29H2,1-4H3. The highest BCUT2D eigenvalue weighted by Gasteiger charge is 2.35. The van der Waals surface area contributed by atoms with E-state index in [4.69, 9.17) is 17.8 Å². The first-order valence-corrected chi connectivity index (χ1v) is 21.8. The van der Waals surface area contributed by atoms with Crippen LogP contribution in [0.25, 0.3) is 0 Å². The summed E-state index contributed by atoms with van der Waals surface area (Å²) in [5.74, 6) is -1.41. The van der Waals surface area contributed by atoms with Crippen molar-refractivity contribution >= 4 is 32.2 Å². The van der Waals surface area contributed by atoms with Crippen LogP contribution in [-0.4, -0.2) is 76.8 Å². The normalized spacial score (nSPS) is 14.4. The van der Waals surface area contributed by atoms with Gasteiger partial charge in [-0.2, -0.15) is 16.8 Å². The summed E-state index contributed by atoms with van der Waals surface area (Å²) in [4.78, 5) is 32.1. The van der Waals surface area contributed by atoms with Crippen LogP contribution in [0.3, 0.4) is 0 Å². The van der Waals surface area contributed by atoms with Crippen molar-refractivity contribution in [3.05, 3.63) is 148 Å². The summed E-state index contributed by atoms with van der Waals surface area (Å²) < 4.78 is 77.8. The van der Waals surface area contributed by atoms with E-state index in [1.807, 2.05) is 56.3 Å². The molecule has 5 aromatic carbocycles. The first-order chi connectivity index (χ1) is 28.2. The average molecular weight is 840 g/mol. The number of hydrogen-bond acceptors (Lipinski definition) is 11. The SMILES string of the molecule is COC(=O)N1CCN(Cc2ccc3c(c2)CN(C(=O)c2c(OS(=O)(=O)c4ccc(C)cc4)cc(OS(=O)(=O)c4ccc(C)cc4)c(C)c2OCc2ccccc2)C3)CC1. The summed E-state index contributed by atoms with van der Waals surface area (Å²) in [5.41, 5.74) is 5.22. The third kappa shape index (κ3) is 9.38. The van der Waals surface area contributed by atoms with Crippen molar-refractivity contribution in [3.8, 4) is 17.2 Å². The highest BCUT2D eigenvalue weighted by Crippen LogP contribution is 2.43. The summed E-state index contributed by atoms with van der Waals surface area (Å²) in [6, 6.07) is 28.4. The zero-order valence-electron chi connectivity index (χ0n) is 33.2. The third-order valence-corrected chi connectivity index (χ3v) is 12.9. The molecule has 0 spiro atoms. The summed E-state index contributed by atoms with van der Waals surface area (Å²) in [5, 5.41) is 0. The monoisotopic (exact) mass is 839 g/mol. The second-order valence-corrected chi connectivity index (χ2v) is 17.8. The molecule has 0 bridgehead atoms. The number of hydrogen-bond donors (Lipinski definition) is 0. The number of fused-ring (bicyclic) bond motifs is 1. The molecule has 2 aliphatic rings. The molecule has 0 aliphatic carbocycles. The second kappa shape index (κ2) is 17.1. The Labute approximate surface area is 344 Å². The minimum atomic E-state index is -4.57. The summed E-state index contributed by atoms with van der Waals surface area (Å²) >= 11 is 0. The molecule has 0 N–H and O–H groups in total. The van der Waals surface area contributed by atoms with Crippen LogP contribution in [0.1, 0.15) is 49.3 Å². The van der Waals surface area contributed by atoms with Gasteiger partial charge in [0.05, 0.1) is 7.11 Å². The zero-order chi connectivity index (χ0) is 41.9. The van der Waals surface area contributed by atoms with E-state index in [1.54, 1.807) is 41.0 Å². The quantitative estimate of drug-likeness (QED) is 0.123. The molecule has 0 aromatic heterocycles. The van der Waals surface area contributed by atoms with Gasteiger partial charge in [0.1, 0.15) is 27.7 Å². The summed E-state index contributed by atoms with van der Waals surface area (Å²) in [6.07, 6.45) is -0.341.